The maximum absolute atomic E-state index is 10.8. The number of thiophene rings is 1. The van der Waals surface area contributed by atoms with Crippen molar-refractivity contribution in [3.05, 3.63) is 57.8 Å². The molecule has 1 unspecified atom stereocenters. The monoisotopic (exact) mass is 415 g/mol. The average molecular weight is 416 g/mol. The lowest BCUT2D eigenvalue weighted by Crippen LogP contribution is -2.48. The Morgan fingerprint density at radius 2 is 2.00 bits per heavy atom. The van der Waals surface area contributed by atoms with Crippen LogP contribution in [0.2, 0.25) is 0 Å². The Balaban J connectivity index is 1.76. The summed E-state index contributed by atoms with van der Waals surface area (Å²) in [6.07, 6.45) is 1.97. The van der Waals surface area contributed by atoms with Crippen molar-refractivity contribution in [3.8, 4) is 0 Å². The van der Waals surface area contributed by atoms with Crippen LogP contribution in [-0.2, 0) is 15.8 Å². The highest BCUT2D eigenvalue weighted by Crippen LogP contribution is 2.36. The van der Waals surface area contributed by atoms with Crippen molar-refractivity contribution in [2.24, 2.45) is 4.99 Å². The first-order valence-electron chi connectivity index (χ1n) is 10.4. The van der Waals surface area contributed by atoms with Gasteiger partial charge in [0.2, 0.25) is 0 Å². The smallest absolute Gasteiger partial charge is 0.191 e. The van der Waals surface area contributed by atoms with E-state index in [9.17, 15) is 5.11 Å². The van der Waals surface area contributed by atoms with Gasteiger partial charge in [0, 0.05) is 31.7 Å². The van der Waals surface area contributed by atoms with E-state index < -0.39 is 5.60 Å². The van der Waals surface area contributed by atoms with Gasteiger partial charge in [0.25, 0.3) is 0 Å². The number of rotatable bonds is 7. The summed E-state index contributed by atoms with van der Waals surface area (Å²) in [5, 5.41) is 21.6. The van der Waals surface area contributed by atoms with E-state index in [-0.39, 0.29) is 5.41 Å². The molecule has 0 aliphatic carbocycles. The molecule has 0 bridgehead atoms. The summed E-state index contributed by atoms with van der Waals surface area (Å²) in [7, 11) is 0. The van der Waals surface area contributed by atoms with E-state index in [1.54, 1.807) is 11.3 Å². The van der Waals surface area contributed by atoms with Crippen LogP contribution < -0.4 is 10.6 Å². The van der Waals surface area contributed by atoms with Crippen molar-refractivity contribution in [2.45, 2.75) is 44.6 Å². The van der Waals surface area contributed by atoms with Gasteiger partial charge in [-0.3, -0.25) is 0 Å². The summed E-state index contributed by atoms with van der Waals surface area (Å²) < 4.78 is 5.67. The quantitative estimate of drug-likeness (QED) is 0.478. The van der Waals surface area contributed by atoms with Gasteiger partial charge in [-0.1, -0.05) is 24.3 Å². The van der Waals surface area contributed by atoms with E-state index >= 15 is 0 Å². The van der Waals surface area contributed by atoms with E-state index in [4.69, 9.17) is 9.73 Å². The normalized spacial score (nSPS) is 18.8. The van der Waals surface area contributed by atoms with Gasteiger partial charge in [-0.25, -0.2) is 4.99 Å². The van der Waals surface area contributed by atoms with E-state index in [0.717, 1.165) is 50.7 Å². The number of hydrogen-bond donors (Lipinski definition) is 3. The van der Waals surface area contributed by atoms with E-state index in [0.29, 0.717) is 6.54 Å². The number of aryl methyl sites for hydroxylation is 1. The second-order valence-electron chi connectivity index (χ2n) is 8.04. The minimum Gasteiger partial charge on any atom is -0.383 e. The first-order chi connectivity index (χ1) is 14.0. The third-order valence-corrected chi connectivity index (χ3v) is 6.48. The maximum Gasteiger partial charge on any atom is 0.191 e. The molecule has 6 heteroatoms. The Bertz CT molecular complexity index is 796. The van der Waals surface area contributed by atoms with Gasteiger partial charge in [0.05, 0.1) is 6.54 Å². The number of aliphatic imine (C=N–C) groups is 1. The Morgan fingerprint density at radius 1 is 1.24 bits per heavy atom. The number of hydrogen-bond acceptors (Lipinski definition) is 4. The summed E-state index contributed by atoms with van der Waals surface area (Å²) in [5.41, 5.74) is 2.66. The van der Waals surface area contributed by atoms with Crippen LogP contribution >= 0.6 is 11.3 Å². The van der Waals surface area contributed by atoms with Crippen LogP contribution in [0.25, 0.3) is 0 Å². The number of nitrogens with one attached hydrogen (secondary N) is 2. The lowest BCUT2D eigenvalue weighted by Gasteiger charge is -2.39. The fourth-order valence-electron chi connectivity index (χ4n) is 3.96. The van der Waals surface area contributed by atoms with Crippen LogP contribution in [-0.4, -0.2) is 43.9 Å². The average Bonchev–Trinajstić information content (AvgIpc) is 3.27. The third-order valence-electron chi connectivity index (χ3n) is 5.79. The summed E-state index contributed by atoms with van der Waals surface area (Å²) in [4.78, 5) is 4.69. The SMILES string of the molecule is CCNC(=NCC(C)(O)c1ccsc1)NCC1(c2ccccc2C)CCOCC1. The molecule has 2 heterocycles. The van der Waals surface area contributed by atoms with Gasteiger partial charge in [-0.15, -0.1) is 0 Å². The summed E-state index contributed by atoms with van der Waals surface area (Å²) >= 11 is 1.59. The van der Waals surface area contributed by atoms with Crippen LogP contribution in [0.5, 0.6) is 0 Å². The van der Waals surface area contributed by atoms with Crippen LogP contribution in [0, 0.1) is 6.92 Å². The van der Waals surface area contributed by atoms with Gasteiger partial charge in [-0.05, 0) is 67.1 Å². The third kappa shape index (κ3) is 5.38. The van der Waals surface area contributed by atoms with Crippen molar-refractivity contribution >= 4 is 17.3 Å². The number of aliphatic hydroxyl groups is 1. The first kappa shape index (κ1) is 21.8. The van der Waals surface area contributed by atoms with Gasteiger partial charge in [-0.2, -0.15) is 11.3 Å². The molecule has 29 heavy (non-hydrogen) atoms. The number of benzene rings is 1. The second kappa shape index (κ2) is 9.74. The van der Waals surface area contributed by atoms with E-state index in [1.165, 1.54) is 11.1 Å². The Hall–Kier alpha value is -1.89. The Labute approximate surface area is 178 Å². The lowest BCUT2D eigenvalue weighted by atomic mass is 9.72. The maximum atomic E-state index is 10.8. The summed E-state index contributed by atoms with van der Waals surface area (Å²) in [5.74, 6) is 0.738. The molecule has 1 atom stereocenters. The van der Waals surface area contributed by atoms with Crippen molar-refractivity contribution in [3.63, 3.8) is 0 Å². The molecule has 0 amide bonds. The van der Waals surface area contributed by atoms with E-state index in [1.807, 2.05) is 23.8 Å². The molecule has 1 saturated heterocycles. The van der Waals surface area contributed by atoms with Crippen LogP contribution in [0.1, 0.15) is 43.4 Å². The molecule has 0 spiro atoms. The van der Waals surface area contributed by atoms with Gasteiger partial charge >= 0.3 is 0 Å². The lowest BCUT2D eigenvalue weighted by molar-refractivity contribution is 0.0511. The standard InChI is InChI=1S/C23H33N3O2S/c1-4-24-21(25-16-22(3,27)19-9-14-29-15-19)26-17-23(10-12-28-13-11-23)20-8-6-5-7-18(20)2/h5-9,14-15,27H,4,10-13,16-17H2,1-3H3,(H2,24,25,26). The van der Waals surface area contributed by atoms with Crippen LogP contribution in [0.15, 0.2) is 46.1 Å². The zero-order chi connectivity index (χ0) is 20.7. The number of guanidine groups is 1. The molecule has 158 valence electrons. The largest absolute Gasteiger partial charge is 0.383 e. The first-order valence-corrected chi connectivity index (χ1v) is 11.3. The second-order valence-corrected chi connectivity index (χ2v) is 8.82. The Kier molecular flexibility index (Phi) is 7.33. The molecule has 0 saturated carbocycles. The highest BCUT2D eigenvalue weighted by Gasteiger charge is 2.35. The van der Waals surface area contributed by atoms with Crippen molar-refractivity contribution in [1.82, 2.24) is 10.6 Å². The molecule has 2 aromatic rings. The fraction of sp³-hybridized carbons (Fsp3) is 0.522. The summed E-state index contributed by atoms with van der Waals surface area (Å²) in [6, 6.07) is 10.6. The minimum absolute atomic E-state index is 0.0235. The van der Waals surface area contributed by atoms with Gasteiger partial charge < -0.3 is 20.5 Å². The molecule has 1 aromatic carbocycles. The molecular formula is C23H33N3O2S. The molecule has 1 fully saturated rings. The zero-order valence-electron chi connectivity index (χ0n) is 17.7. The van der Waals surface area contributed by atoms with Gasteiger partial charge in [0.15, 0.2) is 5.96 Å². The van der Waals surface area contributed by atoms with Crippen LogP contribution in [0.3, 0.4) is 0 Å². The Morgan fingerprint density at radius 3 is 2.66 bits per heavy atom. The molecule has 1 aliphatic rings. The molecule has 3 rings (SSSR count). The fourth-order valence-corrected chi connectivity index (χ4v) is 4.74. The molecule has 1 aromatic heterocycles. The van der Waals surface area contributed by atoms with Crippen molar-refractivity contribution in [1.29, 1.82) is 0 Å². The topological polar surface area (TPSA) is 65.9 Å². The molecule has 1 aliphatic heterocycles. The predicted octanol–water partition coefficient (Wildman–Crippen LogP) is 3.57. The minimum atomic E-state index is -0.977. The van der Waals surface area contributed by atoms with Crippen LogP contribution in [0.4, 0.5) is 0 Å². The highest BCUT2D eigenvalue weighted by atomic mass is 32.1. The van der Waals surface area contributed by atoms with E-state index in [2.05, 4.69) is 48.7 Å². The summed E-state index contributed by atoms with van der Waals surface area (Å²) in [6.45, 7) is 9.46. The molecule has 5 nitrogen and oxygen atoms in total. The number of ether oxygens (including phenoxy) is 1. The van der Waals surface area contributed by atoms with Crippen molar-refractivity contribution in [2.75, 3.05) is 32.8 Å². The van der Waals surface area contributed by atoms with Crippen molar-refractivity contribution < 1.29 is 9.84 Å². The zero-order valence-corrected chi connectivity index (χ0v) is 18.5. The highest BCUT2D eigenvalue weighted by molar-refractivity contribution is 7.08. The van der Waals surface area contributed by atoms with Gasteiger partial charge in [0.1, 0.15) is 5.60 Å². The number of nitrogens with zero attached hydrogens (tertiary/aromatic N) is 1. The molecular weight excluding hydrogens is 382 g/mol. The predicted molar refractivity (Wildman–Crippen MR) is 121 cm³/mol. The molecule has 0 radical (unpaired) electrons. The molecule has 3 N–H and O–H groups in total.